The molecule has 1 fully saturated rings. The number of likely N-dealkylation sites (tertiary alicyclic amines) is 1. The number of aliphatic hydroxyl groups excluding tert-OH is 1. The molecule has 1 atom stereocenters. The lowest BCUT2D eigenvalue weighted by Gasteiger charge is -2.30. The number of aryl methyl sites for hydroxylation is 1. The minimum atomic E-state index is -0.368. The zero-order chi connectivity index (χ0) is 14.5. The number of piperidine rings is 1. The van der Waals surface area contributed by atoms with Crippen LogP contribution in [0.1, 0.15) is 30.4 Å². The number of β-amino-alcohol motifs (C(OH)–C–C–N with tert-alkyl or cyclic N) is 1. The lowest BCUT2D eigenvalue weighted by molar-refractivity contribution is -0.134. The summed E-state index contributed by atoms with van der Waals surface area (Å²) in [6.45, 7) is 5.66. The number of aliphatic hydroxyl groups is 1. The highest BCUT2D eigenvalue weighted by atomic mass is 16.5. The molecule has 4 nitrogen and oxygen atoms in total. The van der Waals surface area contributed by atoms with Crippen LogP contribution in [0, 0.1) is 13.8 Å². The molecule has 0 bridgehead atoms. The molecule has 1 heterocycles. The third-order valence-corrected chi connectivity index (χ3v) is 3.88. The van der Waals surface area contributed by atoms with E-state index in [4.69, 9.17) is 4.74 Å². The molecule has 1 aliphatic rings. The Hall–Kier alpha value is -1.55. The molecule has 110 valence electrons. The summed E-state index contributed by atoms with van der Waals surface area (Å²) in [5.74, 6) is 0.908. The van der Waals surface area contributed by atoms with Gasteiger partial charge in [-0.25, -0.2) is 0 Å². The van der Waals surface area contributed by atoms with Crippen LogP contribution < -0.4 is 4.74 Å². The summed E-state index contributed by atoms with van der Waals surface area (Å²) in [7, 11) is 0. The number of rotatable bonds is 4. The maximum Gasteiger partial charge on any atom is 0.226 e. The molecule has 1 aromatic rings. The van der Waals surface area contributed by atoms with Gasteiger partial charge >= 0.3 is 0 Å². The minimum absolute atomic E-state index is 0.0639. The Balaban J connectivity index is 1.80. The Labute approximate surface area is 120 Å². The smallest absolute Gasteiger partial charge is 0.226 e. The molecule has 4 heteroatoms. The Morgan fingerprint density at radius 2 is 2.25 bits per heavy atom. The van der Waals surface area contributed by atoms with Gasteiger partial charge in [0.15, 0.2) is 0 Å². The van der Waals surface area contributed by atoms with Crippen molar-refractivity contribution in [2.45, 2.75) is 39.2 Å². The van der Waals surface area contributed by atoms with Gasteiger partial charge in [-0.2, -0.15) is 0 Å². The van der Waals surface area contributed by atoms with Gasteiger partial charge in [0.25, 0.3) is 0 Å². The number of nitrogens with zero attached hydrogens (tertiary/aromatic N) is 1. The van der Waals surface area contributed by atoms with Gasteiger partial charge in [0.1, 0.15) is 5.75 Å². The van der Waals surface area contributed by atoms with E-state index in [0.717, 1.165) is 30.7 Å². The van der Waals surface area contributed by atoms with Gasteiger partial charge in [-0.1, -0.05) is 12.1 Å². The molecule has 2 rings (SSSR count). The van der Waals surface area contributed by atoms with Gasteiger partial charge < -0.3 is 14.7 Å². The molecule has 1 aliphatic heterocycles. The van der Waals surface area contributed by atoms with E-state index in [1.807, 2.05) is 32.0 Å². The van der Waals surface area contributed by atoms with Crippen LogP contribution in [0.5, 0.6) is 5.75 Å². The van der Waals surface area contributed by atoms with Crippen LogP contribution in [0.15, 0.2) is 18.2 Å². The summed E-state index contributed by atoms with van der Waals surface area (Å²) in [4.78, 5) is 13.8. The molecular formula is C16H23NO3. The number of carbonyl (C=O) groups is 1. The van der Waals surface area contributed by atoms with Crippen molar-refractivity contribution in [3.8, 4) is 5.75 Å². The van der Waals surface area contributed by atoms with Crippen molar-refractivity contribution in [2.24, 2.45) is 0 Å². The molecule has 0 unspecified atom stereocenters. The van der Waals surface area contributed by atoms with Crippen molar-refractivity contribution in [1.29, 1.82) is 0 Å². The number of ether oxygens (including phenoxy) is 1. The monoisotopic (exact) mass is 277 g/mol. The van der Waals surface area contributed by atoms with E-state index in [0.29, 0.717) is 19.6 Å². The van der Waals surface area contributed by atoms with Crippen LogP contribution in [0.2, 0.25) is 0 Å². The zero-order valence-electron chi connectivity index (χ0n) is 12.3. The molecule has 0 saturated carbocycles. The van der Waals surface area contributed by atoms with Gasteiger partial charge in [0.05, 0.1) is 19.1 Å². The van der Waals surface area contributed by atoms with Crippen LogP contribution in [-0.2, 0) is 4.79 Å². The first-order chi connectivity index (χ1) is 9.58. The number of carbonyl (C=O) groups excluding carboxylic acids is 1. The highest BCUT2D eigenvalue weighted by Gasteiger charge is 2.21. The molecule has 0 spiro atoms. The van der Waals surface area contributed by atoms with Gasteiger partial charge in [0, 0.05) is 13.1 Å². The van der Waals surface area contributed by atoms with E-state index < -0.39 is 0 Å². The highest BCUT2D eigenvalue weighted by molar-refractivity contribution is 5.76. The lowest BCUT2D eigenvalue weighted by atomic mass is 10.1. The van der Waals surface area contributed by atoms with Crippen LogP contribution >= 0.6 is 0 Å². The van der Waals surface area contributed by atoms with Crippen molar-refractivity contribution in [3.63, 3.8) is 0 Å². The molecule has 1 N–H and O–H groups in total. The zero-order valence-corrected chi connectivity index (χ0v) is 12.3. The van der Waals surface area contributed by atoms with E-state index in [2.05, 4.69) is 0 Å². The van der Waals surface area contributed by atoms with Crippen LogP contribution in [0.25, 0.3) is 0 Å². The molecule has 0 aliphatic carbocycles. The number of benzene rings is 1. The summed E-state index contributed by atoms with van der Waals surface area (Å²) < 4.78 is 5.70. The van der Waals surface area contributed by atoms with E-state index in [1.54, 1.807) is 4.90 Å². The van der Waals surface area contributed by atoms with Crippen LogP contribution in [0.3, 0.4) is 0 Å². The fourth-order valence-corrected chi connectivity index (χ4v) is 2.47. The topological polar surface area (TPSA) is 49.8 Å². The van der Waals surface area contributed by atoms with Crippen molar-refractivity contribution < 1.29 is 14.6 Å². The average Bonchev–Trinajstić information content (AvgIpc) is 2.43. The SMILES string of the molecule is Cc1cccc(OCCC(=O)N2CCC[C@@H](O)C2)c1C. The van der Waals surface area contributed by atoms with Crippen molar-refractivity contribution >= 4 is 5.91 Å². The van der Waals surface area contributed by atoms with Crippen molar-refractivity contribution in [1.82, 2.24) is 4.90 Å². The first-order valence-electron chi connectivity index (χ1n) is 7.23. The number of amides is 1. The number of hydrogen-bond acceptors (Lipinski definition) is 3. The average molecular weight is 277 g/mol. The maximum atomic E-state index is 12.0. The van der Waals surface area contributed by atoms with Crippen molar-refractivity contribution in [3.05, 3.63) is 29.3 Å². The summed E-state index contributed by atoms with van der Waals surface area (Å²) in [6, 6.07) is 5.93. The second-order valence-corrected chi connectivity index (χ2v) is 5.43. The molecule has 1 saturated heterocycles. The Bertz CT molecular complexity index is 473. The van der Waals surface area contributed by atoms with Crippen LogP contribution in [0.4, 0.5) is 0 Å². The molecule has 1 aromatic carbocycles. The largest absolute Gasteiger partial charge is 0.493 e. The van der Waals surface area contributed by atoms with Gasteiger partial charge in [-0.15, -0.1) is 0 Å². The van der Waals surface area contributed by atoms with Gasteiger partial charge in [-0.3, -0.25) is 4.79 Å². The quantitative estimate of drug-likeness (QED) is 0.916. The van der Waals surface area contributed by atoms with Crippen LogP contribution in [-0.4, -0.2) is 41.7 Å². The molecule has 0 radical (unpaired) electrons. The van der Waals surface area contributed by atoms with E-state index in [-0.39, 0.29) is 12.0 Å². The van der Waals surface area contributed by atoms with Gasteiger partial charge in [0.2, 0.25) is 5.91 Å². The first kappa shape index (κ1) is 14.9. The lowest BCUT2D eigenvalue weighted by Crippen LogP contribution is -2.42. The highest BCUT2D eigenvalue weighted by Crippen LogP contribution is 2.20. The first-order valence-corrected chi connectivity index (χ1v) is 7.23. The predicted molar refractivity (Wildman–Crippen MR) is 77.8 cm³/mol. The molecule has 0 aromatic heterocycles. The summed E-state index contributed by atoms with van der Waals surface area (Å²) >= 11 is 0. The number of hydrogen-bond donors (Lipinski definition) is 1. The second-order valence-electron chi connectivity index (χ2n) is 5.43. The summed E-state index contributed by atoms with van der Waals surface area (Å²) in [5.41, 5.74) is 2.31. The third-order valence-electron chi connectivity index (χ3n) is 3.88. The fourth-order valence-electron chi connectivity index (χ4n) is 2.47. The molecular weight excluding hydrogens is 254 g/mol. The van der Waals surface area contributed by atoms with E-state index in [9.17, 15) is 9.90 Å². The fraction of sp³-hybridized carbons (Fsp3) is 0.562. The Morgan fingerprint density at radius 3 is 3.00 bits per heavy atom. The standard InChI is InChI=1S/C16H23NO3/c1-12-5-3-7-15(13(12)2)20-10-8-16(19)17-9-4-6-14(18)11-17/h3,5,7,14,18H,4,6,8-11H2,1-2H3/t14-/m1/s1. The second kappa shape index (κ2) is 6.75. The Morgan fingerprint density at radius 1 is 1.45 bits per heavy atom. The van der Waals surface area contributed by atoms with E-state index in [1.165, 1.54) is 5.56 Å². The molecule has 1 amide bonds. The van der Waals surface area contributed by atoms with E-state index >= 15 is 0 Å². The normalized spacial score (nSPS) is 18.9. The predicted octanol–water partition coefficient (Wildman–Crippen LogP) is 2.06. The summed E-state index contributed by atoms with van der Waals surface area (Å²) in [6.07, 6.45) is 1.67. The molecule has 20 heavy (non-hydrogen) atoms. The minimum Gasteiger partial charge on any atom is -0.493 e. The third kappa shape index (κ3) is 3.73. The maximum absolute atomic E-state index is 12.0. The van der Waals surface area contributed by atoms with Gasteiger partial charge in [-0.05, 0) is 43.9 Å². The van der Waals surface area contributed by atoms with Crippen molar-refractivity contribution in [2.75, 3.05) is 19.7 Å². The summed E-state index contributed by atoms with van der Waals surface area (Å²) in [5, 5.41) is 9.57. The Kier molecular flexibility index (Phi) is 5.01.